The van der Waals surface area contributed by atoms with Gasteiger partial charge in [-0.15, -0.1) is 5.10 Å². The van der Waals surface area contributed by atoms with Crippen LogP contribution in [0.3, 0.4) is 0 Å². The molecule has 23 heavy (non-hydrogen) atoms. The lowest BCUT2D eigenvalue weighted by molar-refractivity contribution is -0.113. The van der Waals surface area contributed by atoms with Crippen molar-refractivity contribution in [3.63, 3.8) is 0 Å². The van der Waals surface area contributed by atoms with Gasteiger partial charge in [0.2, 0.25) is 11.1 Å². The highest BCUT2D eigenvalue weighted by Crippen LogP contribution is 2.19. The molecule has 1 atom stereocenters. The molecule has 7 nitrogen and oxygen atoms in total. The zero-order chi connectivity index (χ0) is 16.1. The van der Waals surface area contributed by atoms with Crippen LogP contribution in [-0.2, 0) is 16.1 Å². The fourth-order valence-electron chi connectivity index (χ4n) is 2.45. The Hall–Kier alpha value is -1.93. The third kappa shape index (κ3) is 4.52. The summed E-state index contributed by atoms with van der Waals surface area (Å²) in [5.41, 5.74) is 1.91. The predicted octanol–water partition coefficient (Wildman–Crippen LogP) is 1.89. The van der Waals surface area contributed by atoms with Crippen LogP contribution in [0.4, 0.5) is 5.69 Å². The van der Waals surface area contributed by atoms with Gasteiger partial charge >= 0.3 is 0 Å². The first-order chi connectivity index (χ1) is 11.2. The number of nitrogens with zero attached hydrogens (tertiary/aromatic N) is 4. The number of aromatic nitrogens is 4. The van der Waals surface area contributed by atoms with Gasteiger partial charge in [0.25, 0.3) is 0 Å². The largest absolute Gasteiger partial charge is 0.376 e. The van der Waals surface area contributed by atoms with Crippen LogP contribution in [0.2, 0.25) is 0 Å². The van der Waals surface area contributed by atoms with Crippen LogP contribution in [0.1, 0.15) is 18.4 Å². The number of hydrogen-bond acceptors (Lipinski definition) is 6. The molecule has 1 N–H and O–H groups in total. The Bertz CT molecular complexity index is 669. The van der Waals surface area contributed by atoms with Crippen LogP contribution in [0.5, 0.6) is 0 Å². The Morgan fingerprint density at radius 3 is 3.22 bits per heavy atom. The number of benzene rings is 1. The Kier molecular flexibility index (Phi) is 5.24. The van der Waals surface area contributed by atoms with E-state index in [0.717, 1.165) is 30.7 Å². The number of carbonyl (C=O) groups is 1. The van der Waals surface area contributed by atoms with Gasteiger partial charge in [0.15, 0.2) is 0 Å². The highest BCUT2D eigenvalue weighted by atomic mass is 32.2. The molecule has 2 heterocycles. The van der Waals surface area contributed by atoms with Gasteiger partial charge < -0.3 is 10.1 Å². The minimum absolute atomic E-state index is 0.0766. The number of rotatable bonds is 6. The Morgan fingerprint density at radius 1 is 1.52 bits per heavy atom. The Labute approximate surface area is 138 Å². The van der Waals surface area contributed by atoms with E-state index in [2.05, 4.69) is 20.8 Å². The van der Waals surface area contributed by atoms with Crippen molar-refractivity contribution in [1.82, 2.24) is 20.2 Å². The zero-order valence-electron chi connectivity index (χ0n) is 12.9. The SMILES string of the molecule is Cc1cccc(NC(=O)CSc2nnnn2CC2CCCO2)c1. The molecule has 1 fully saturated rings. The second-order valence-corrected chi connectivity index (χ2v) is 6.43. The number of amides is 1. The molecule has 122 valence electrons. The molecule has 1 saturated heterocycles. The lowest BCUT2D eigenvalue weighted by Crippen LogP contribution is -2.18. The molecule has 0 aliphatic carbocycles. The van der Waals surface area contributed by atoms with Crippen LogP contribution >= 0.6 is 11.8 Å². The summed E-state index contributed by atoms with van der Waals surface area (Å²) in [6, 6.07) is 7.71. The molecule has 1 aromatic carbocycles. The summed E-state index contributed by atoms with van der Waals surface area (Å²) in [7, 11) is 0. The molecular weight excluding hydrogens is 314 g/mol. The minimum atomic E-state index is -0.0766. The van der Waals surface area contributed by atoms with Gasteiger partial charge in [-0.05, 0) is 47.9 Å². The molecule has 0 radical (unpaired) electrons. The van der Waals surface area contributed by atoms with Crippen molar-refractivity contribution in [1.29, 1.82) is 0 Å². The standard InChI is InChI=1S/C15H19N5O2S/c1-11-4-2-5-12(8-11)16-14(21)10-23-15-17-18-19-20(15)9-13-6-3-7-22-13/h2,4-5,8,13H,3,6-7,9-10H2,1H3,(H,16,21). The van der Waals surface area contributed by atoms with Gasteiger partial charge in [-0.3, -0.25) is 4.79 Å². The molecule has 1 amide bonds. The number of tetrazole rings is 1. The van der Waals surface area contributed by atoms with Crippen LogP contribution in [0.25, 0.3) is 0 Å². The average Bonchev–Trinajstić information content (AvgIpc) is 3.18. The van der Waals surface area contributed by atoms with Gasteiger partial charge in [0.05, 0.1) is 18.4 Å². The maximum atomic E-state index is 12.0. The first kappa shape index (κ1) is 15.9. The fraction of sp³-hybridized carbons (Fsp3) is 0.467. The summed E-state index contributed by atoms with van der Waals surface area (Å²) < 4.78 is 7.30. The number of anilines is 1. The minimum Gasteiger partial charge on any atom is -0.376 e. The molecule has 8 heteroatoms. The van der Waals surface area contributed by atoms with Gasteiger partial charge in [-0.25, -0.2) is 4.68 Å². The molecule has 1 unspecified atom stereocenters. The van der Waals surface area contributed by atoms with Gasteiger partial charge in [-0.1, -0.05) is 23.9 Å². The van der Waals surface area contributed by atoms with Crippen molar-refractivity contribution in [2.75, 3.05) is 17.7 Å². The maximum absolute atomic E-state index is 12.0. The van der Waals surface area contributed by atoms with E-state index in [-0.39, 0.29) is 17.8 Å². The van der Waals surface area contributed by atoms with E-state index in [9.17, 15) is 4.79 Å². The summed E-state index contributed by atoms with van der Waals surface area (Å²) >= 11 is 1.33. The summed E-state index contributed by atoms with van der Waals surface area (Å²) in [6.07, 6.45) is 2.27. The lowest BCUT2D eigenvalue weighted by atomic mass is 10.2. The second-order valence-electron chi connectivity index (χ2n) is 5.48. The van der Waals surface area contributed by atoms with Crippen molar-refractivity contribution in [3.8, 4) is 0 Å². The normalized spacial score (nSPS) is 17.3. The predicted molar refractivity (Wildman–Crippen MR) is 87.3 cm³/mol. The van der Waals surface area contributed by atoms with Crippen molar-refractivity contribution in [2.45, 2.75) is 37.6 Å². The summed E-state index contributed by atoms with van der Waals surface area (Å²) in [5.74, 6) is 0.187. The van der Waals surface area contributed by atoms with Crippen LogP contribution in [0.15, 0.2) is 29.4 Å². The zero-order valence-corrected chi connectivity index (χ0v) is 13.8. The number of thioether (sulfide) groups is 1. The first-order valence-corrected chi connectivity index (χ1v) is 8.56. The van der Waals surface area contributed by atoms with Crippen molar-refractivity contribution in [2.24, 2.45) is 0 Å². The van der Waals surface area contributed by atoms with E-state index >= 15 is 0 Å². The van der Waals surface area contributed by atoms with E-state index in [1.165, 1.54) is 11.8 Å². The van der Waals surface area contributed by atoms with Crippen LogP contribution < -0.4 is 5.32 Å². The Morgan fingerprint density at radius 2 is 2.43 bits per heavy atom. The van der Waals surface area contributed by atoms with Gasteiger partial charge in [-0.2, -0.15) is 0 Å². The van der Waals surface area contributed by atoms with E-state index in [4.69, 9.17) is 4.74 Å². The molecule has 1 aromatic heterocycles. The summed E-state index contributed by atoms with van der Waals surface area (Å²) in [5, 5.41) is 15.2. The van der Waals surface area contributed by atoms with Gasteiger partial charge in [0.1, 0.15) is 0 Å². The summed E-state index contributed by atoms with van der Waals surface area (Å²) in [4.78, 5) is 12.0. The molecule has 0 spiro atoms. The summed E-state index contributed by atoms with van der Waals surface area (Å²) in [6.45, 7) is 3.42. The molecule has 0 bridgehead atoms. The number of carbonyl (C=O) groups excluding carboxylic acids is 1. The monoisotopic (exact) mass is 333 g/mol. The second kappa shape index (κ2) is 7.56. The van der Waals surface area contributed by atoms with Crippen LogP contribution in [-0.4, -0.2) is 44.6 Å². The van der Waals surface area contributed by atoms with E-state index in [1.807, 2.05) is 31.2 Å². The topological polar surface area (TPSA) is 81.9 Å². The number of hydrogen-bond donors (Lipinski definition) is 1. The van der Waals surface area contributed by atoms with E-state index in [0.29, 0.717) is 11.7 Å². The Balaban J connectivity index is 1.52. The highest BCUT2D eigenvalue weighted by Gasteiger charge is 2.19. The molecule has 2 aromatic rings. The van der Waals surface area contributed by atoms with Crippen molar-refractivity contribution in [3.05, 3.63) is 29.8 Å². The van der Waals surface area contributed by atoms with E-state index in [1.54, 1.807) is 4.68 Å². The van der Waals surface area contributed by atoms with Crippen molar-refractivity contribution < 1.29 is 9.53 Å². The third-order valence-corrected chi connectivity index (χ3v) is 4.49. The first-order valence-electron chi connectivity index (χ1n) is 7.58. The molecule has 0 saturated carbocycles. The number of ether oxygens (including phenoxy) is 1. The van der Waals surface area contributed by atoms with Gasteiger partial charge in [0, 0.05) is 12.3 Å². The molecular formula is C15H19N5O2S. The van der Waals surface area contributed by atoms with E-state index < -0.39 is 0 Å². The number of nitrogens with one attached hydrogen (secondary N) is 1. The number of aryl methyl sites for hydroxylation is 1. The molecule has 3 rings (SSSR count). The molecule has 1 aliphatic rings. The molecule has 1 aliphatic heterocycles. The fourth-order valence-corrected chi connectivity index (χ4v) is 3.13. The third-order valence-electron chi connectivity index (χ3n) is 3.53. The smallest absolute Gasteiger partial charge is 0.234 e. The lowest BCUT2D eigenvalue weighted by Gasteiger charge is -2.10. The van der Waals surface area contributed by atoms with Crippen molar-refractivity contribution >= 4 is 23.4 Å². The maximum Gasteiger partial charge on any atom is 0.234 e. The quantitative estimate of drug-likeness (QED) is 0.813. The average molecular weight is 333 g/mol. The van der Waals surface area contributed by atoms with Crippen LogP contribution in [0, 0.1) is 6.92 Å². The highest BCUT2D eigenvalue weighted by molar-refractivity contribution is 7.99.